The van der Waals surface area contributed by atoms with Gasteiger partial charge in [0.25, 0.3) is 0 Å². The van der Waals surface area contributed by atoms with Gasteiger partial charge in [0.1, 0.15) is 5.75 Å². The van der Waals surface area contributed by atoms with Crippen molar-refractivity contribution in [2.24, 2.45) is 5.92 Å². The first-order chi connectivity index (χ1) is 12.7. The molecule has 2 heterocycles. The fourth-order valence-corrected chi connectivity index (χ4v) is 3.89. The smallest absolute Gasteiger partial charge is 0.230 e. The molecule has 0 radical (unpaired) electrons. The highest BCUT2D eigenvalue weighted by molar-refractivity contribution is 5.93. The number of para-hydroxylation sites is 1. The molecule has 3 atom stereocenters. The van der Waals surface area contributed by atoms with Crippen LogP contribution in [0.15, 0.2) is 54.6 Å². The molecule has 5 heteroatoms. The van der Waals surface area contributed by atoms with Crippen molar-refractivity contribution < 1.29 is 14.3 Å². The summed E-state index contributed by atoms with van der Waals surface area (Å²) in [5, 5.41) is 3.02. The topological polar surface area (TPSA) is 50.8 Å². The molecular formula is C21H24N2O3. The van der Waals surface area contributed by atoms with Crippen LogP contribution in [0.1, 0.15) is 12.0 Å². The Bertz CT molecular complexity index is 748. The number of nitrogens with one attached hydrogen (secondary N) is 1. The Morgan fingerprint density at radius 1 is 1.15 bits per heavy atom. The molecule has 1 amide bonds. The number of morpholine rings is 1. The molecule has 0 aromatic heterocycles. The maximum Gasteiger partial charge on any atom is 0.230 e. The van der Waals surface area contributed by atoms with Gasteiger partial charge in [-0.1, -0.05) is 30.3 Å². The molecule has 5 nitrogen and oxygen atoms in total. The van der Waals surface area contributed by atoms with Gasteiger partial charge in [-0.25, -0.2) is 0 Å². The summed E-state index contributed by atoms with van der Waals surface area (Å²) in [6.45, 7) is 2.53. The summed E-state index contributed by atoms with van der Waals surface area (Å²) in [6.07, 6.45) is 0.900. The fourth-order valence-electron chi connectivity index (χ4n) is 3.89. The van der Waals surface area contributed by atoms with Gasteiger partial charge >= 0.3 is 0 Å². The van der Waals surface area contributed by atoms with Crippen LogP contribution in [-0.2, 0) is 16.1 Å². The van der Waals surface area contributed by atoms with E-state index in [9.17, 15) is 4.79 Å². The lowest BCUT2D eigenvalue weighted by Gasteiger charge is -2.32. The Labute approximate surface area is 153 Å². The minimum atomic E-state index is -0.0823. The van der Waals surface area contributed by atoms with Crippen LogP contribution in [0.3, 0.4) is 0 Å². The van der Waals surface area contributed by atoms with Crippen LogP contribution in [0.5, 0.6) is 5.75 Å². The van der Waals surface area contributed by atoms with Crippen LogP contribution in [0, 0.1) is 5.92 Å². The van der Waals surface area contributed by atoms with Gasteiger partial charge in [0.2, 0.25) is 5.91 Å². The number of hydrogen-bond donors (Lipinski definition) is 1. The summed E-state index contributed by atoms with van der Waals surface area (Å²) < 4.78 is 11.3. The third-order valence-corrected chi connectivity index (χ3v) is 5.18. The maximum atomic E-state index is 12.7. The van der Waals surface area contributed by atoms with Crippen LogP contribution in [0.4, 0.5) is 5.69 Å². The largest absolute Gasteiger partial charge is 0.497 e. The first-order valence-electron chi connectivity index (χ1n) is 9.08. The number of benzene rings is 2. The van der Waals surface area contributed by atoms with Gasteiger partial charge in [-0.3, -0.25) is 9.69 Å². The number of carbonyl (C=O) groups is 1. The third-order valence-electron chi connectivity index (χ3n) is 5.18. The Kier molecular flexibility index (Phi) is 4.91. The number of anilines is 1. The van der Waals surface area contributed by atoms with Crippen LogP contribution < -0.4 is 10.1 Å². The quantitative estimate of drug-likeness (QED) is 0.899. The van der Waals surface area contributed by atoms with Crippen molar-refractivity contribution in [1.29, 1.82) is 0 Å². The van der Waals surface area contributed by atoms with Gasteiger partial charge in [-0.2, -0.15) is 0 Å². The van der Waals surface area contributed by atoms with E-state index in [4.69, 9.17) is 9.47 Å². The Morgan fingerprint density at radius 2 is 1.92 bits per heavy atom. The van der Waals surface area contributed by atoms with Gasteiger partial charge in [0.15, 0.2) is 0 Å². The summed E-state index contributed by atoms with van der Waals surface area (Å²) >= 11 is 0. The molecule has 0 unspecified atom stereocenters. The molecule has 2 aliphatic rings. The Hall–Kier alpha value is -2.37. The molecular weight excluding hydrogens is 328 g/mol. The molecule has 1 N–H and O–H groups in total. The molecule has 2 fully saturated rings. The Morgan fingerprint density at radius 3 is 2.65 bits per heavy atom. The predicted molar refractivity (Wildman–Crippen MR) is 100 cm³/mol. The molecule has 0 spiro atoms. The zero-order valence-corrected chi connectivity index (χ0v) is 14.9. The second kappa shape index (κ2) is 7.48. The number of hydrogen-bond acceptors (Lipinski definition) is 4. The summed E-state index contributed by atoms with van der Waals surface area (Å²) in [6, 6.07) is 17.8. The minimum Gasteiger partial charge on any atom is -0.497 e. The molecule has 4 rings (SSSR count). The van der Waals surface area contributed by atoms with E-state index >= 15 is 0 Å². The highest BCUT2D eigenvalue weighted by Crippen LogP contribution is 2.33. The van der Waals surface area contributed by atoms with Gasteiger partial charge < -0.3 is 14.8 Å². The van der Waals surface area contributed by atoms with Gasteiger partial charge in [0, 0.05) is 25.3 Å². The highest BCUT2D eigenvalue weighted by atomic mass is 16.5. The van der Waals surface area contributed by atoms with E-state index in [1.807, 2.05) is 42.5 Å². The summed E-state index contributed by atoms with van der Waals surface area (Å²) in [7, 11) is 1.68. The van der Waals surface area contributed by atoms with E-state index in [1.165, 1.54) is 5.56 Å². The lowest BCUT2D eigenvalue weighted by atomic mass is 9.99. The summed E-state index contributed by atoms with van der Waals surface area (Å²) in [5.41, 5.74) is 2.09. The van der Waals surface area contributed by atoms with Crippen molar-refractivity contribution in [1.82, 2.24) is 4.90 Å². The van der Waals surface area contributed by atoms with E-state index in [-0.39, 0.29) is 24.0 Å². The molecule has 136 valence electrons. The SMILES string of the molecule is COc1ccc(CN2C[C@@H]3C[C@H](C(=O)Nc4ccccc4)[C@@H](C2)O3)cc1. The van der Waals surface area contributed by atoms with Gasteiger partial charge in [-0.15, -0.1) is 0 Å². The number of nitrogens with zero attached hydrogens (tertiary/aromatic N) is 1. The van der Waals surface area contributed by atoms with Crippen LogP contribution >= 0.6 is 0 Å². The third kappa shape index (κ3) is 3.74. The van der Waals surface area contributed by atoms with Crippen LogP contribution in [-0.4, -0.2) is 43.2 Å². The zero-order valence-electron chi connectivity index (χ0n) is 14.9. The van der Waals surface area contributed by atoms with E-state index < -0.39 is 0 Å². The monoisotopic (exact) mass is 352 g/mol. The van der Waals surface area contributed by atoms with Crippen LogP contribution in [0.2, 0.25) is 0 Å². The molecule has 2 aliphatic heterocycles. The number of amides is 1. The minimum absolute atomic E-state index is 0.0317. The van der Waals surface area contributed by atoms with Crippen molar-refractivity contribution in [2.75, 3.05) is 25.5 Å². The molecule has 26 heavy (non-hydrogen) atoms. The maximum absolute atomic E-state index is 12.7. The van der Waals surface area contributed by atoms with E-state index in [0.717, 1.165) is 37.5 Å². The second-order valence-corrected chi connectivity index (χ2v) is 7.04. The lowest BCUT2D eigenvalue weighted by Crippen LogP contribution is -2.44. The Balaban J connectivity index is 1.37. The zero-order chi connectivity index (χ0) is 17.9. The number of likely N-dealkylation sites (tertiary alicyclic amines) is 1. The second-order valence-electron chi connectivity index (χ2n) is 7.04. The lowest BCUT2D eigenvalue weighted by molar-refractivity contribution is -0.123. The first kappa shape index (κ1) is 17.1. The van der Waals surface area contributed by atoms with E-state index in [0.29, 0.717) is 0 Å². The van der Waals surface area contributed by atoms with Gasteiger partial charge in [-0.05, 0) is 36.2 Å². The average molecular weight is 352 g/mol. The van der Waals surface area contributed by atoms with Crippen molar-refractivity contribution in [2.45, 2.75) is 25.2 Å². The standard InChI is InChI=1S/C21H24N2O3/c1-25-17-9-7-15(8-10-17)12-23-13-18-11-19(20(14-23)26-18)21(24)22-16-5-3-2-4-6-16/h2-10,18-20H,11-14H2,1H3,(H,22,24)/t18-,19-,20+/m0/s1. The molecule has 2 saturated heterocycles. The van der Waals surface area contributed by atoms with Crippen molar-refractivity contribution in [3.05, 3.63) is 60.2 Å². The number of carbonyl (C=O) groups excluding carboxylic acids is 1. The van der Waals surface area contributed by atoms with E-state index in [1.54, 1.807) is 7.11 Å². The van der Waals surface area contributed by atoms with Crippen molar-refractivity contribution in [3.8, 4) is 5.75 Å². The molecule has 0 aliphatic carbocycles. The fraction of sp³-hybridized carbons (Fsp3) is 0.381. The summed E-state index contributed by atoms with van der Waals surface area (Å²) in [5.74, 6) is 0.851. The van der Waals surface area contributed by atoms with Crippen LogP contribution in [0.25, 0.3) is 0 Å². The number of ether oxygens (including phenoxy) is 2. The van der Waals surface area contributed by atoms with Crippen molar-refractivity contribution in [3.63, 3.8) is 0 Å². The average Bonchev–Trinajstić information content (AvgIpc) is 2.97. The predicted octanol–water partition coefficient (Wildman–Crippen LogP) is 2.92. The highest BCUT2D eigenvalue weighted by Gasteiger charge is 2.44. The number of methoxy groups -OCH3 is 1. The molecule has 2 aromatic rings. The molecule has 2 bridgehead atoms. The number of fused-ring (bicyclic) bond motifs is 2. The molecule has 2 aromatic carbocycles. The number of rotatable bonds is 5. The molecule has 0 saturated carbocycles. The van der Waals surface area contributed by atoms with E-state index in [2.05, 4.69) is 22.3 Å². The normalized spacial score (nSPS) is 25.0. The van der Waals surface area contributed by atoms with Gasteiger partial charge in [0.05, 0.1) is 25.2 Å². The first-order valence-corrected chi connectivity index (χ1v) is 9.08. The summed E-state index contributed by atoms with van der Waals surface area (Å²) in [4.78, 5) is 15.1. The van der Waals surface area contributed by atoms with Crippen molar-refractivity contribution >= 4 is 11.6 Å².